The van der Waals surface area contributed by atoms with Crippen LogP contribution in [0.1, 0.15) is 67.5 Å². The minimum atomic E-state index is -1.28. The average Bonchev–Trinajstić information content (AvgIpc) is 2.80. The minimum absolute atomic E-state index is 0.0142. The molecule has 0 aliphatic heterocycles. The third-order valence-corrected chi connectivity index (χ3v) is 3.77. The van der Waals surface area contributed by atoms with E-state index in [9.17, 15) is 20.0 Å². The molecule has 1 aromatic rings. The van der Waals surface area contributed by atoms with Crippen molar-refractivity contribution < 1.29 is 14.8 Å². The molecule has 1 aliphatic rings. The highest BCUT2D eigenvalue weighted by Crippen LogP contribution is 2.38. The van der Waals surface area contributed by atoms with Crippen molar-refractivity contribution in [1.29, 1.82) is 0 Å². The smallest absolute Gasteiger partial charge is 0.361 e. The third kappa shape index (κ3) is 2.66. The standard InChI is InChI=1S/C13H19N3O4/c1-2-8-15-12(13(17)18)11(16(19)20)10(14-15)9-6-4-3-5-7-9/h9H,2-8H2,1H3,(H,17,18). The van der Waals surface area contributed by atoms with Gasteiger partial charge in [-0.05, 0) is 19.3 Å². The van der Waals surface area contributed by atoms with Crippen molar-refractivity contribution in [2.75, 3.05) is 0 Å². The maximum atomic E-state index is 11.4. The number of rotatable bonds is 5. The van der Waals surface area contributed by atoms with Gasteiger partial charge < -0.3 is 5.11 Å². The second-order valence-electron chi connectivity index (χ2n) is 5.20. The Kier molecular flexibility index (Phi) is 4.36. The van der Waals surface area contributed by atoms with E-state index >= 15 is 0 Å². The first kappa shape index (κ1) is 14.5. The number of aryl methyl sites for hydroxylation is 1. The van der Waals surface area contributed by atoms with E-state index in [-0.39, 0.29) is 17.3 Å². The largest absolute Gasteiger partial charge is 0.476 e. The summed E-state index contributed by atoms with van der Waals surface area (Å²) >= 11 is 0. The lowest BCUT2D eigenvalue weighted by atomic mass is 9.86. The van der Waals surface area contributed by atoms with E-state index in [1.165, 1.54) is 4.68 Å². The van der Waals surface area contributed by atoms with E-state index < -0.39 is 10.9 Å². The number of hydrogen-bond donors (Lipinski definition) is 1. The third-order valence-electron chi connectivity index (χ3n) is 3.77. The van der Waals surface area contributed by atoms with Gasteiger partial charge >= 0.3 is 11.7 Å². The zero-order valence-electron chi connectivity index (χ0n) is 11.5. The summed E-state index contributed by atoms with van der Waals surface area (Å²) in [4.78, 5) is 22.1. The van der Waals surface area contributed by atoms with Crippen LogP contribution in [0.3, 0.4) is 0 Å². The van der Waals surface area contributed by atoms with Crippen LogP contribution in [-0.2, 0) is 6.54 Å². The molecule has 1 aromatic heterocycles. The molecule has 0 unspecified atom stereocenters. The zero-order chi connectivity index (χ0) is 14.7. The summed E-state index contributed by atoms with van der Waals surface area (Å²) in [6.45, 7) is 2.27. The lowest BCUT2D eigenvalue weighted by molar-refractivity contribution is -0.386. The van der Waals surface area contributed by atoms with Crippen LogP contribution >= 0.6 is 0 Å². The van der Waals surface area contributed by atoms with Crippen molar-refractivity contribution in [3.63, 3.8) is 0 Å². The lowest BCUT2D eigenvalue weighted by Crippen LogP contribution is -2.11. The number of aromatic nitrogens is 2. The highest BCUT2D eigenvalue weighted by molar-refractivity contribution is 5.91. The highest BCUT2D eigenvalue weighted by Gasteiger charge is 2.36. The van der Waals surface area contributed by atoms with Crippen LogP contribution in [0, 0.1) is 10.1 Å². The SMILES string of the molecule is CCCn1nc(C2CCCCC2)c([N+](=O)[O-])c1C(=O)O. The quantitative estimate of drug-likeness (QED) is 0.660. The zero-order valence-corrected chi connectivity index (χ0v) is 11.5. The van der Waals surface area contributed by atoms with Crippen molar-refractivity contribution in [3.05, 3.63) is 21.5 Å². The maximum absolute atomic E-state index is 11.4. The Labute approximate surface area is 116 Å². The Hall–Kier alpha value is -1.92. The summed E-state index contributed by atoms with van der Waals surface area (Å²) in [6, 6.07) is 0. The Bertz CT molecular complexity index is 518. The molecule has 0 atom stereocenters. The molecule has 1 heterocycles. The van der Waals surface area contributed by atoms with Gasteiger partial charge in [0, 0.05) is 12.5 Å². The van der Waals surface area contributed by atoms with Gasteiger partial charge in [-0.15, -0.1) is 0 Å². The number of carboxylic acids is 1. The Balaban J connectivity index is 2.51. The van der Waals surface area contributed by atoms with Crippen LogP contribution in [0.25, 0.3) is 0 Å². The molecule has 0 radical (unpaired) electrons. The molecule has 1 fully saturated rings. The first-order valence-corrected chi connectivity index (χ1v) is 7.04. The molecule has 1 aliphatic carbocycles. The predicted octanol–water partition coefficient (Wildman–Crippen LogP) is 2.95. The van der Waals surface area contributed by atoms with Crippen LogP contribution in [-0.4, -0.2) is 25.8 Å². The Morgan fingerprint density at radius 3 is 2.60 bits per heavy atom. The summed E-state index contributed by atoms with van der Waals surface area (Å²) in [5.41, 5.74) is -0.226. The molecular weight excluding hydrogens is 262 g/mol. The van der Waals surface area contributed by atoms with E-state index in [1.807, 2.05) is 6.92 Å². The van der Waals surface area contributed by atoms with E-state index in [0.717, 1.165) is 32.1 Å². The number of nitro groups is 1. The van der Waals surface area contributed by atoms with Gasteiger partial charge in [0.25, 0.3) is 0 Å². The summed E-state index contributed by atoms with van der Waals surface area (Å²) < 4.78 is 1.28. The van der Waals surface area contributed by atoms with Crippen LogP contribution in [0.15, 0.2) is 0 Å². The fourth-order valence-electron chi connectivity index (χ4n) is 2.89. The van der Waals surface area contributed by atoms with Gasteiger partial charge in [0.15, 0.2) is 0 Å². The second-order valence-corrected chi connectivity index (χ2v) is 5.20. The maximum Gasteiger partial charge on any atom is 0.361 e. The molecule has 20 heavy (non-hydrogen) atoms. The molecule has 0 amide bonds. The predicted molar refractivity (Wildman–Crippen MR) is 72.0 cm³/mol. The fourth-order valence-corrected chi connectivity index (χ4v) is 2.89. The molecule has 0 spiro atoms. The Morgan fingerprint density at radius 2 is 2.10 bits per heavy atom. The van der Waals surface area contributed by atoms with E-state index in [4.69, 9.17) is 0 Å². The van der Waals surface area contributed by atoms with Crippen molar-refractivity contribution in [2.24, 2.45) is 0 Å². The molecular formula is C13H19N3O4. The summed E-state index contributed by atoms with van der Waals surface area (Å²) in [6.07, 6.45) is 5.55. The minimum Gasteiger partial charge on any atom is -0.476 e. The van der Waals surface area contributed by atoms with Gasteiger partial charge in [-0.3, -0.25) is 14.8 Å². The lowest BCUT2D eigenvalue weighted by Gasteiger charge is -2.18. The number of aromatic carboxylic acids is 1. The number of nitrogens with zero attached hydrogens (tertiary/aromatic N) is 3. The van der Waals surface area contributed by atoms with Gasteiger partial charge in [-0.1, -0.05) is 26.2 Å². The van der Waals surface area contributed by atoms with Crippen LogP contribution in [0.4, 0.5) is 5.69 Å². The summed E-state index contributed by atoms with van der Waals surface area (Å²) in [5.74, 6) is -1.26. The molecule has 1 saturated carbocycles. The summed E-state index contributed by atoms with van der Waals surface area (Å²) in [7, 11) is 0. The molecule has 1 N–H and O–H groups in total. The monoisotopic (exact) mass is 281 g/mol. The van der Waals surface area contributed by atoms with Crippen molar-refractivity contribution >= 4 is 11.7 Å². The van der Waals surface area contributed by atoms with E-state index in [0.29, 0.717) is 18.7 Å². The fraction of sp³-hybridized carbons (Fsp3) is 0.692. The van der Waals surface area contributed by atoms with Gasteiger partial charge in [0.05, 0.1) is 4.92 Å². The molecule has 0 bridgehead atoms. The molecule has 110 valence electrons. The van der Waals surface area contributed by atoms with Gasteiger partial charge in [0.1, 0.15) is 5.69 Å². The highest BCUT2D eigenvalue weighted by atomic mass is 16.6. The van der Waals surface area contributed by atoms with Gasteiger partial charge in [0.2, 0.25) is 5.69 Å². The van der Waals surface area contributed by atoms with Crippen LogP contribution in [0.2, 0.25) is 0 Å². The molecule has 7 nitrogen and oxygen atoms in total. The average molecular weight is 281 g/mol. The van der Waals surface area contributed by atoms with Crippen LogP contribution in [0.5, 0.6) is 0 Å². The molecule has 7 heteroatoms. The summed E-state index contributed by atoms with van der Waals surface area (Å²) in [5, 5.41) is 24.8. The normalized spacial score (nSPS) is 16.2. The molecule has 0 saturated heterocycles. The van der Waals surface area contributed by atoms with Crippen molar-refractivity contribution in [2.45, 2.75) is 57.9 Å². The topological polar surface area (TPSA) is 98.3 Å². The first-order valence-electron chi connectivity index (χ1n) is 7.04. The van der Waals surface area contributed by atoms with E-state index in [2.05, 4.69) is 5.10 Å². The van der Waals surface area contributed by atoms with Gasteiger partial charge in [-0.2, -0.15) is 5.10 Å². The van der Waals surface area contributed by atoms with Crippen molar-refractivity contribution in [3.8, 4) is 0 Å². The van der Waals surface area contributed by atoms with E-state index in [1.54, 1.807) is 0 Å². The Morgan fingerprint density at radius 1 is 1.45 bits per heavy atom. The molecule has 0 aromatic carbocycles. The van der Waals surface area contributed by atoms with Crippen molar-refractivity contribution in [1.82, 2.24) is 9.78 Å². The number of hydrogen-bond acceptors (Lipinski definition) is 4. The van der Waals surface area contributed by atoms with Crippen LogP contribution < -0.4 is 0 Å². The number of carbonyl (C=O) groups is 1. The second kappa shape index (κ2) is 6.02. The first-order chi connectivity index (χ1) is 9.56. The van der Waals surface area contributed by atoms with Gasteiger partial charge in [-0.25, -0.2) is 4.79 Å². The number of carboxylic acid groups (broad SMARTS) is 1. The molecule has 2 rings (SSSR count).